The smallest absolute Gasteiger partial charge is 0.326 e. The number of benzene rings is 2. The van der Waals surface area contributed by atoms with Crippen molar-refractivity contribution in [2.75, 3.05) is 17.7 Å². The fraction of sp³-hybridized carbons (Fsp3) is 0.133. The van der Waals surface area contributed by atoms with E-state index in [0.29, 0.717) is 5.69 Å². The average Bonchev–Trinajstić information content (AvgIpc) is 2.43. The number of nitrogens with one attached hydrogen (secondary N) is 1. The van der Waals surface area contributed by atoms with E-state index in [1.807, 2.05) is 43.3 Å². The average molecular weight is 255 g/mol. The van der Waals surface area contributed by atoms with E-state index in [1.54, 1.807) is 24.1 Å². The highest BCUT2D eigenvalue weighted by Crippen LogP contribution is 2.26. The number of carbonyl (C=O) groups excluding carboxylic acids is 1. The lowest BCUT2D eigenvalue weighted by Gasteiger charge is -2.22. The predicted molar refractivity (Wildman–Crippen MR) is 78.6 cm³/mol. The first-order valence-electron chi connectivity index (χ1n) is 6.06. The minimum absolute atomic E-state index is 0.186. The molecular formula is C15H17N3O. The van der Waals surface area contributed by atoms with Crippen LogP contribution in [-0.2, 0) is 0 Å². The Hall–Kier alpha value is -2.49. The number of aryl methyl sites for hydroxylation is 1. The van der Waals surface area contributed by atoms with Crippen LogP contribution in [0.15, 0.2) is 48.5 Å². The standard InChI is InChI=1S/C15H17N3O/c1-11-3-7-13(8-4-11)18(15(19)17-2)14-9-5-12(16)6-10-14/h3-10H,16H2,1-2H3,(H,17,19). The Morgan fingerprint density at radius 3 is 1.95 bits per heavy atom. The van der Waals surface area contributed by atoms with Gasteiger partial charge in [0.1, 0.15) is 0 Å². The van der Waals surface area contributed by atoms with Gasteiger partial charge in [-0.2, -0.15) is 0 Å². The summed E-state index contributed by atoms with van der Waals surface area (Å²) in [6.45, 7) is 2.01. The van der Waals surface area contributed by atoms with Crippen LogP contribution in [0.3, 0.4) is 0 Å². The minimum atomic E-state index is -0.186. The van der Waals surface area contributed by atoms with Crippen molar-refractivity contribution >= 4 is 23.1 Å². The molecule has 0 unspecified atom stereocenters. The second kappa shape index (κ2) is 5.44. The summed E-state index contributed by atoms with van der Waals surface area (Å²) in [7, 11) is 1.61. The van der Waals surface area contributed by atoms with E-state index in [-0.39, 0.29) is 6.03 Å². The van der Waals surface area contributed by atoms with E-state index >= 15 is 0 Å². The summed E-state index contributed by atoms with van der Waals surface area (Å²) >= 11 is 0. The fourth-order valence-corrected chi connectivity index (χ4v) is 1.81. The number of nitrogens with zero attached hydrogens (tertiary/aromatic N) is 1. The predicted octanol–water partition coefficient (Wildman–Crippen LogP) is 3.05. The SMILES string of the molecule is CNC(=O)N(c1ccc(C)cc1)c1ccc(N)cc1. The topological polar surface area (TPSA) is 58.4 Å². The van der Waals surface area contributed by atoms with Crippen molar-refractivity contribution in [3.63, 3.8) is 0 Å². The highest BCUT2D eigenvalue weighted by atomic mass is 16.2. The van der Waals surface area contributed by atoms with E-state index in [4.69, 9.17) is 5.73 Å². The molecule has 0 aliphatic carbocycles. The number of amides is 2. The van der Waals surface area contributed by atoms with Gasteiger partial charge in [0.05, 0.1) is 11.4 Å². The molecule has 0 aromatic heterocycles. The summed E-state index contributed by atoms with van der Waals surface area (Å²) in [6.07, 6.45) is 0. The summed E-state index contributed by atoms with van der Waals surface area (Å²) < 4.78 is 0. The van der Waals surface area contributed by atoms with Gasteiger partial charge in [-0.05, 0) is 43.3 Å². The fourth-order valence-electron chi connectivity index (χ4n) is 1.81. The molecule has 4 heteroatoms. The second-order valence-corrected chi connectivity index (χ2v) is 4.32. The number of nitrogen functional groups attached to an aromatic ring is 1. The van der Waals surface area contributed by atoms with Crippen molar-refractivity contribution in [2.24, 2.45) is 0 Å². The Kier molecular flexibility index (Phi) is 3.71. The third kappa shape index (κ3) is 2.85. The van der Waals surface area contributed by atoms with Crippen LogP contribution in [0.4, 0.5) is 21.9 Å². The quantitative estimate of drug-likeness (QED) is 0.810. The monoisotopic (exact) mass is 255 g/mol. The normalized spacial score (nSPS) is 10.0. The molecule has 0 saturated carbocycles. The van der Waals surface area contributed by atoms with Gasteiger partial charge >= 0.3 is 6.03 Å². The first kappa shape index (κ1) is 13.0. The van der Waals surface area contributed by atoms with Gasteiger partial charge in [0.15, 0.2) is 0 Å². The van der Waals surface area contributed by atoms with Crippen LogP contribution < -0.4 is 16.0 Å². The molecule has 19 heavy (non-hydrogen) atoms. The molecule has 2 rings (SSSR count). The zero-order valence-electron chi connectivity index (χ0n) is 11.1. The van der Waals surface area contributed by atoms with E-state index in [2.05, 4.69) is 5.32 Å². The summed E-state index contributed by atoms with van der Waals surface area (Å²) in [5.41, 5.74) is 9.09. The lowest BCUT2D eigenvalue weighted by molar-refractivity contribution is 0.250. The molecule has 0 heterocycles. The van der Waals surface area contributed by atoms with Crippen molar-refractivity contribution in [1.82, 2.24) is 5.32 Å². The van der Waals surface area contributed by atoms with Gasteiger partial charge in [0.2, 0.25) is 0 Å². The van der Waals surface area contributed by atoms with Gasteiger partial charge in [0, 0.05) is 12.7 Å². The molecule has 98 valence electrons. The molecule has 2 amide bonds. The Morgan fingerprint density at radius 1 is 1.00 bits per heavy atom. The first-order valence-corrected chi connectivity index (χ1v) is 6.06. The maximum atomic E-state index is 12.1. The lowest BCUT2D eigenvalue weighted by atomic mass is 10.2. The van der Waals surface area contributed by atoms with Crippen LogP contribution in [0.1, 0.15) is 5.56 Å². The largest absolute Gasteiger partial charge is 0.399 e. The van der Waals surface area contributed by atoms with Gasteiger partial charge in [-0.3, -0.25) is 4.90 Å². The van der Waals surface area contributed by atoms with Crippen LogP contribution in [0.25, 0.3) is 0 Å². The maximum Gasteiger partial charge on any atom is 0.326 e. The third-order valence-corrected chi connectivity index (χ3v) is 2.86. The van der Waals surface area contributed by atoms with Gasteiger partial charge < -0.3 is 11.1 Å². The molecule has 4 nitrogen and oxygen atoms in total. The Bertz CT molecular complexity index is 515. The molecular weight excluding hydrogens is 238 g/mol. The number of carbonyl (C=O) groups is 1. The summed E-state index contributed by atoms with van der Waals surface area (Å²) in [4.78, 5) is 13.7. The zero-order valence-corrected chi connectivity index (χ0v) is 11.1. The highest BCUT2D eigenvalue weighted by molar-refractivity contribution is 5.99. The summed E-state index contributed by atoms with van der Waals surface area (Å²) in [5, 5.41) is 2.65. The number of urea groups is 1. The Balaban J connectivity index is 2.44. The molecule has 0 spiro atoms. The molecule has 0 aliphatic rings. The Morgan fingerprint density at radius 2 is 1.47 bits per heavy atom. The van der Waals surface area contributed by atoms with Gasteiger partial charge in [-0.15, -0.1) is 0 Å². The van der Waals surface area contributed by atoms with E-state index in [9.17, 15) is 4.79 Å². The molecule has 0 saturated heterocycles. The molecule has 2 aromatic carbocycles. The van der Waals surface area contributed by atoms with Gasteiger partial charge in [-0.25, -0.2) is 4.79 Å². The number of rotatable bonds is 2. The number of hydrogen-bond donors (Lipinski definition) is 2. The summed E-state index contributed by atoms with van der Waals surface area (Å²) in [5.74, 6) is 0. The van der Waals surface area contributed by atoms with Crippen LogP contribution in [0.5, 0.6) is 0 Å². The van der Waals surface area contributed by atoms with Crippen LogP contribution in [0, 0.1) is 6.92 Å². The highest BCUT2D eigenvalue weighted by Gasteiger charge is 2.16. The third-order valence-electron chi connectivity index (χ3n) is 2.86. The minimum Gasteiger partial charge on any atom is -0.399 e. The molecule has 0 atom stereocenters. The van der Waals surface area contributed by atoms with Crippen LogP contribution >= 0.6 is 0 Å². The van der Waals surface area contributed by atoms with Crippen molar-refractivity contribution in [2.45, 2.75) is 6.92 Å². The zero-order chi connectivity index (χ0) is 13.8. The number of hydrogen-bond acceptors (Lipinski definition) is 2. The molecule has 0 aliphatic heterocycles. The van der Waals surface area contributed by atoms with Crippen molar-refractivity contribution in [3.05, 3.63) is 54.1 Å². The molecule has 0 radical (unpaired) electrons. The molecule has 0 fully saturated rings. The van der Waals surface area contributed by atoms with Crippen LogP contribution in [0.2, 0.25) is 0 Å². The van der Waals surface area contributed by atoms with Crippen molar-refractivity contribution in [1.29, 1.82) is 0 Å². The van der Waals surface area contributed by atoms with Gasteiger partial charge in [0.25, 0.3) is 0 Å². The van der Waals surface area contributed by atoms with E-state index in [0.717, 1.165) is 16.9 Å². The summed E-state index contributed by atoms with van der Waals surface area (Å²) in [6, 6.07) is 14.8. The second-order valence-electron chi connectivity index (χ2n) is 4.32. The first-order chi connectivity index (χ1) is 9.11. The van der Waals surface area contributed by atoms with Gasteiger partial charge in [-0.1, -0.05) is 17.7 Å². The molecule has 3 N–H and O–H groups in total. The van der Waals surface area contributed by atoms with Crippen molar-refractivity contribution < 1.29 is 4.79 Å². The van der Waals surface area contributed by atoms with E-state index < -0.39 is 0 Å². The number of nitrogens with two attached hydrogens (primary N) is 1. The maximum absolute atomic E-state index is 12.1. The molecule has 0 bridgehead atoms. The Labute approximate surface area is 112 Å². The molecule has 2 aromatic rings. The lowest BCUT2D eigenvalue weighted by Crippen LogP contribution is -2.34. The van der Waals surface area contributed by atoms with Crippen molar-refractivity contribution in [3.8, 4) is 0 Å². The van der Waals surface area contributed by atoms with Crippen LogP contribution in [-0.4, -0.2) is 13.1 Å². The number of anilines is 3. The van der Waals surface area contributed by atoms with E-state index in [1.165, 1.54) is 0 Å².